The second kappa shape index (κ2) is 6.38. The zero-order valence-corrected chi connectivity index (χ0v) is 16.3. The van der Waals surface area contributed by atoms with Crippen LogP contribution in [0.5, 0.6) is 0 Å². The summed E-state index contributed by atoms with van der Waals surface area (Å²) in [5.41, 5.74) is 6.78. The molecule has 0 aliphatic carbocycles. The smallest absolute Gasteiger partial charge is 0.396 e. The van der Waals surface area contributed by atoms with Crippen LogP contribution in [0, 0.1) is 6.92 Å². The molecule has 5 rings (SSSR count). The van der Waals surface area contributed by atoms with Gasteiger partial charge >= 0.3 is 6.85 Å². The van der Waals surface area contributed by atoms with E-state index in [9.17, 15) is 0 Å². The zero-order valence-electron chi connectivity index (χ0n) is 16.3. The predicted molar refractivity (Wildman–Crippen MR) is 115 cm³/mol. The molecule has 0 saturated carbocycles. The van der Waals surface area contributed by atoms with Crippen molar-refractivity contribution < 1.29 is 8.98 Å². The van der Waals surface area contributed by atoms with Gasteiger partial charge in [0.05, 0.1) is 11.1 Å². The lowest BCUT2D eigenvalue weighted by molar-refractivity contribution is -0.653. The van der Waals surface area contributed by atoms with Crippen molar-refractivity contribution in [2.24, 2.45) is 7.05 Å². The van der Waals surface area contributed by atoms with E-state index < -0.39 is 0 Å². The van der Waals surface area contributed by atoms with E-state index in [4.69, 9.17) is 4.42 Å². The lowest BCUT2D eigenvalue weighted by atomic mass is 9.55. The molecular formula is C23H21BN3O+. The first kappa shape index (κ1) is 16.8. The SMILES string of the molecule is Cc1cc(B2C=Cc3oc4ncccc4c3N2C)[n+](C)cc1-c1ccccc1. The molecule has 4 aromatic rings. The van der Waals surface area contributed by atoms with E-state index in [1.54, 1.807) is 6.20 Å². The van der Waals surface area contributed by atoms with E-state index >= 15 is 0 Å². The Kier molecular flexibility index (Phi) is 3.83. The maximum Gasteiger partial charge on any atom is 0.396 e. The number of hydrogen-bond donors (Lipinski definition) is 0. The van der Waals surface area contributed by atoms with Gasteiger partial charge in [-0.3, -0.25) is 0 Å². The molecule has 1 aliphatic rings. The summed E-state index contributed by atoms with van der Waals surface area (Å²) < 4.78 is 8.16. The van der Waals surface area contributed by atoms with Crippen LogP contribution in [0.1, 0.15) is 11.3 Å². The van der Waals surface area contributed by atoms with Crippen LogP contribution < -0.4 is 15.0 Å². The third-order valence-corrected chi connectivity index (χ3v) is 5.57. The van der Waals surface area contributed by atoms with Crippen molar-refractivity contribution in [1.82, 2.24) is 4.98 Å². The van der Waals surface area contributed by atoms with Gasteiger partial charge in [-0.2, -0.15) is 0 Å². The number of fused-ring (bicyclic) bond motifs is 3. The van der Waals surface area contributed by atoms with Gasteiger partial charge in [0.15, 0.2) is 17.6 Å². The largest absolute Gasteiger partial charge is 0.436 e. The molecule has 0 N–H and O–H groups in total. The topological polar surface area (TPSA) is 33.2 Å². The van der Waals surface area contributed by atoms with Crippen LogP contribution in [-0.2, 0) is 7.05 Å². The molecule has 0 saturated heterocycles. The maximum absolute atomic E-state index is 5.93. The minimum Gasteiger partial charge on any atom is -0.436 e. The fourth-order valence-corrected chi connectivity index (χ4v) is 4.14. The van der Waals surface area contributed by atoms with Gasteiger partial charge < -0.3 is 9.23 Å². The third-order valence-electron chi connectivity index (χ3n) is 5.57. The van der Waals surface area contributed by atoms with Crippen LogP contribution in [0.3, 0.4) is 0 Å². The Hall–Kier alpha value is -3.34. The molecular weight excluding hydrogens is 345 g/mol. The molecule has 3 aromatic heterocycles. The van der Waals surface area contributed by atoms with E-state index in [0.29, 0.717) is 5.71 Å². The van der Waals surface area contributed by atoms with Crippen LogP contribution in [0.2, 0.25) is 0 Å². The highest BCUT2D eigenvalue weighted by molar-refractivity contribution is 6.81. The summed E-state index contributed by atoms with van der Waals surface area (Å²) in [5, 5.41) is 1.05. The van der Waals surface area contributed by atoms with Gasteiger partial charge in [0, 0.05) is 17.8 Å². The number of rotatable bonds is 2. The van der Waals surface area contributed by atoms with Gasteiger partial charge in [-0.25, -0.2) is 9.55 Å². The average molecular weight is 366 g/mol. The summed E-state index contributed by atoms with van der Waals surface area (Å²) in [6.45, 7) is 2.31. The predicted octanol–water partition coefficient (Wildman–Crippen LogP) is 3.53. The third kappa shape index (κ3) is 2.54. The molecule has 1 aromatic carbocycles. The summed E-state index contributed by atoms with van der Waals surface area (Å²) >= 11 is 0. The van der Waals surface area contributed by atoms with Crippen molar-refractivity contribution in [1.29, 1.82) is 0 Å². The van der Waals surface area contributed by atoms with Crippen LogP contribution in [0.4, 0.5) is 5.69 Å². The van der Waals surface area contributed by atoms with Crippen LogP contribution in [-0.4, -0.2) is 18.9 Å². The summed E-state index contributed by atoms with van der Waals surface area (Å²) in [6, 6.07) is 16.9. The number of hydrogen-bond acceptors (Lipinski definition) is 3. The van der Waals surface area contributed by atoms with Crippen LogP contribution >= 0.6 is 0 Å². The summed E-state index contributed by atoms with van der Waals surface area (Å²) in [7, 11) is 4.24. The van der Waals surface area contributed by atoms with Crippen molar-refractivity contribution in [3.8, 4) is 11.1 Å². The molecule has 136 valence electrons. The number of furan rings is 1. The van der Waals surface area contributed by atoms with Gasteiger partial charge in [0.2, 0.25) is 5.71 Å². The minimum atomic E-state index is 0.127. The molecule has 5 heteroatoms. The van der Waals surface area contributed by atoms with Gasteiger partial charge in [0.25, 0.3) is 0 Å². The van der Waals surface area contributed by atoms with Crippen molar-refractivity contribution >= 4 is 35.3 Å². The van der Waals surface area contributed by atoms with E-state index in [1.807, 2.05) is 6.07 Å². The highest BCUT2D eigenvalue weighted by atomic mass is 16.3. The Balaban J connectivity index is 1.60. The highest BCUT2D eigenvalue weighted by Crippen LogP contribution is 2.36. The molecule has 0 radical (unpaired) electrons. The Labute approximate surface area is 164 Å². The lowest BCUT2D eigenvalue weighted by Crippen LogP contribution is -2.60. The second-order valence-corrected chi connectivity index (χ2v) is 7.36. The standard InChI is InChI=1S/C23H21BN3O/c1-16-14-21(26(2)15-19(16)17-8-5-4-6-9-17)24-12-11-20-22(27(24)3)18-10-7-13-25-23(18)28-20/h4-15H,1-3H3/q+1. The molecule has 0 spiro atoms. The number of aromatic nitrogens is 2. The summed E-state index contributed by atoms with van der Waals surface area (Å²) in [5.74, 6) is 3.06. The number of nitrogens with zero attached hydrogens (tertiary/aromatic N) is 3. The van der Waals surface area contributed by atoms with Gasteiger partial charge in [0.1, 0.15) is 7.05 Å². The quantitative estimate of drug-likeness (QED) is 0.402. The number of aryl methyl sites for hydroxylation is 2. The van der Waals surface area contributed by atoms with E-state index in [1.165, 1.54) is 22.3 Å². The van der Waals surface area contributed by atoms with Crippen LogP contribution in [0.25, 0.3) is 28.3 Å². The van der Waals surface area contributed by atoms with Gasteiger partial charge in [-0.05, 0) is 43.3 Å². The van der Waals surface area contributed by atoms with Crippen molar-refractivity contribution in [2.75, 3.05) is 11.9 Å². The molecule has 0 atom stereocenters. The zero-order chi connectivity index (χ0) is 19.3. The maximum atomic E-state index is 5.93. The molecule has 4 nitrogen and oxygen atoms in total. The Morgan fingerprint density at radius 1 is 1.11 bits per heavy atom. The van der Waals surface area contributed by atoms with Gasteiger partial charge in [-0.15, -0.1) is 0 Å². The fraction of sp³-hybridized carbons (Fsp3) is 0.130. The Morgan fingerprint density at radius 2 is 1.93 bits per heavy atom. The first-order valence-corrected chi connectivity index (χ1v) is 9.47. The first-order valence-electron chi connectivity index (χ1n) is 9.47. The molecule has 0 bridgehead atoms. The number of benzene rings is 1. The molecule has 28 heavy (non-hydrogen) atoms. The van der Waals surface area contributed by atoms with E-state index in [-0.39, 0.29) is 6.85 Å². The monoisotopic (exact) mass is 366 g/mol. The molecule has 4 heterocycles. The van der Waals surface area contributed by atoms with Crippen molar-refractivity contribution in [2.45, 2.75) is 6.92 Å². The van der Waals surface area contributed by atoms with Crippen molar-refractivity contribution in [3.05, 3.63) is 78.2 Å². The molecule has 1 aliphatic heterocycles. The lowest BCUT2D eigenvalue weighted by Gasteiger charge is -2.26. The normalized spacial score (nSPS) is 13.2. The summed E-state index contributed by atoms with van der Waals surface area (Å²) in [4.78, 5) is 6.64. The van der Waals surface area contributed by atoms with Crippen molar-refractivity contribution in [3.63, 3.8) is 0 Å². The molecule has 0 amide bonds. The summed E-state index contributed by atoms with van der Waals surface area (Å²) in [6.07, 6.45) is 6.07. The Bertz CT molecular complexity index is 1210. The van der Waals surface area contributed by atoms with Gasteiger partial charge in [-0.1, -0.05) is 36.3 Å². The van der Waals surface area contributed by atoms with Crippen LogP contribution in [0.15, 0.2) is 71.3 Å². The minimum absolute atomic E-state index is 0.127. The molecule has 0 fully saturated rings. The van der Waals surface area contributed by atoms with E-state index in [0.717, 1.165) is 16.8 Å². The second-order valence-electron chi connectivity index (χ2n) is 7.36. The molecule has 0 unspecified atom stereocenters. The van der Waals surface area contributed by atoms with E-state index in [2.05, 4.69) is 96.1 Å². The number of pyridine rings is 2. The Morgan fingerprint density at radius 3 is 2.75 bits per heavy atom. The number of anilines is 1. The highest BCUT2D eigenvalue weighted by Gasteiger charge is 2.35. The average Bonchev–Trinajstić information content (AvgIpc) is 3.10. The first-order chi connectivity index (χ1) is 13.6. The fourth-order valence-electron chi connectivity index (χ4n) is 4.14.